The molecule has 0 aliphatic carbocycles. The van der Waals surface area contributed by atoms with Gasteiger partial charge in [0.2, 0.25) is 0 Å². The molecular weight excluding hydrogens is 288 g/mol. The number of nitrogens with zero attached hydrogens (tertiary/aromatic N) is 1. The lowest BCUT2D eigenvalue weighted by molar-refractivity contribution is 0.221. The topological polar surface area (TPSA) is 51.6 Å². The van der Waals surface area contributed by atoms with E-state index < -0.39 is 0 Å². The number of nitrogens with two attached hydrogens (primary N) is 1. The van der Waals surface area contributed by atoms with Gasteiger partial charge < -0.3 is 14.9 Å². The molecule has 0 radical (unpaired) electrons. The number of hydrogen-bond acceptors (Lipinski definition) is 4. The number of likely N-dealkylation sites (N-methyl/N-ethyl adjacent to an activating group) is 1. The van der Waals surface area contributed by atoms with Crippen LogP contribution >= 0.6 is 11.6 Å². The van der Waals surface area contributed by atoms with Crippen molar-refractivity contribution in [1.29, 1.82) is 0 Å². The first-order valence-corrected chi connectivity index (χ1v) is 7.22. The van der Waals surface area contributed by atoms with E-state index in [2.05, 4.69) is 4.90 Å². The number of aryl methyl sites for hydroxylation is 1. The molecule has 114 valence electrons. The summed E-state index contributed by atoms with van der Waals surface area (Å²) in [5.74, 6) is 2.50. The highest BCUT2D eigenvalue weighted by atomic mass is 35.5. The van der Waals surface area contributed by atoms with E-state index in [-0.39, 0.29) is 6.04 Å². The lowest BCUT2D eigenvalue weighted by Gasteiger charge is -2.27. The quantitative estimate of drug-likeness (QED) is 0.889. The molecule has 0 saturated heterocycles. The molecule has 0 saturated carbocycles. The lowest BCUT2D eigenvalue weighted by atomic mass is 10.1. The lowest BCUT2D eigenvalue weighted by Crippen LogP contribution is -2.30. The summed E-state index contributed by atoms with van der Waals surface area (Å²) in [7, 11) is 3.63. The standard InChI is InChI=1S/C16H21ClN2O2/c1-11-4-6-13(21-11)10-19(2)15(9-18)12-5-7-16(20-3)14(17)8-12/h4-8,15H,9-10,18H2,1-3H3. The van der Waals surface area contributed by atoms with Crippen LogP contribution in [0.3, 0.4) is 0 Å². The molecule has 0 bridgehead atoms. The van der Waals surface area contributed by atoms with Crippen molar-refractivity contribution in [3.8, 4) is 5.75 Å². The van der Waals surface area contributed by atoms with Crippen molar-refractivity contribution in [2.75, 3.05) is 20.7 Å². The van der Waals surface area contributed by atoms with Crippen LogP contribution in [0.5, 0.6) is 5.75 Å². The second-order valence-corrected chi connectivity index (χ2v) is 5.48. The van der Waals surface area contributed by atoms with Gasteiger partial charge >= 0.3 is 0 Å². The highest BCUT2D eigenvalue weighted by molar-refractivity contribution is 6.32. The Kier molecular flexibility index (Phi) is 5.28. The second kappa shape index (κ2) is 6.98. The van der Waals surface area contributed by atoms with Crippen LogP contribution in [0.1, 0.15) is 23.1 Å². The van der Waals surface area contributed by atoms with Crippen molar-refractivity contribution in [2.45, 2.75) is 19.5 Å². The Morgan fingerprint density at radius 3 is 2.62 bits per heavy atom. The Morgan fingerprint density at radius 2 is 2.10 bits per heavy atom. The van der Waals surface area contributed by atoms with Crippen molar-refractivity contribution in [1.82, 2.24) is 4.90 Å². The fourth-order valence-corrected chi connectivity index (χ4v) is 2.65. The van der Waals surface area contributed by atoms with E-state index in [0.717, 1.165) is 17.1 Å². The molecule has 1 aromatic carbocycles. The van der Waals surface area contributed by atoms with Crippen LogP contribution in [0.25, 0.3) is 0 Å². The smallest absolute Gasteiger partial charge is 0.137 e. The van der Waals surface area contributed by atoms with Crippen LogP contribution in [0.15, 0.2) is 34.7 Å². The van der Waals surface area contributed by atoms with Crippen LogP contribution in [-0.4, -0.2) is 25.6 Å². The van der Waals surface area contributed by atoms with E-state index in [1.807, 2.05) is 44.3 Å². The molecular formula is C16H21ClN2O2. The summed E-state index contributed by atoms with van der Waals surface area (Å²) in [6, 6.07) is 9.78. The predicted molar refractivity (Wildman–Crippen MR) is 84.7 cm³/mol. The maximum absolute atomic E-state index is 6.20. The van der Waals surface area contributed by atoms with Crippen LogP contribution in [0.4, 0.5) is 0 Å². The Balaban J connectivity index is 2.16. The molecule has 1 heterocycles. The van der Waals surface area contributed by atoms with Gasteiger partial charge in [0.25, 0.3) is 0 Å². The zero-order valence-corrected chi connectivity index (χ0v) is 13.4. The van der Waals surface area contributed by atoms with Gasteiger partial charge in [-0.05, 0) is 43.8 Å². The number of ether oxygens (including phenoxy) is 1. The summed E-state index contributed by atoms with van der Waals surface area (Å²) in [4.78, 5) is 2.15. The fraction of sp³-hybridized carbons (Fsp3) is 0.375. The SMILES string of the molecule is COc1ccc(C(CN)N(C)Cc2ccc(C)o2)cc1Cl. The Bertz CT molecular complexity index is 598. The van der Waals surface area contributed by atoms with Gasteiger partial charge in [-0.1, -0.05) is 17.7 Å². The summed E-state index contributed by atoms with van der Waals surface area (Å²) in [5.41, 5.74) is 7.00. The minimum absolute atomic E-state index is 0.0683. The zero-order valence-electron chi connectivity index (χ0n) is 12.6. The van der Waals surface area contributed by atoms with Crippen molar-refractivity contribution < 1.29 is 9.15 Å². The number of methoxy groups -OCH3 is 1. The monoisotopic (exact) mass is 308 g/mol. The molecule has 2 aromatic rings. The molecule has 1 aromatic heterocycles. The van der Waals surface area contributed by atoms with E-state index in [4.69, 9.17) is 26.5 Å². The summed E-state index contributed by atoms with van der Waals surface area (Å²) < 4.78 is 10.8. The van der Waals surface area contributed by atoms with Gasteiger partial charge in [-0.3, -0.25) is 4.90 Å². The average molecular weight is 309 g/mol. The second-order valence-electron chi connectivity index (χ2n) is 5.07. The third-order valence-corrected chi connectivity index (χ3v) is 3.81. The van der Waals surface area contributed by atoms with E-state index in [1.165, 1.54) is 0 Å². The van der Waals surface area contributed by atoms with E-state index in [0.29, 0.717) is 23.9 Å². The largest absolute Gasteiger partial charge is 0.495 e. The molecule has 5 heteroatoms. The fourth-order valence-electron chi connectivity index (χ4n) is 2.39. The highest BCUT2D eigenvalue weighted by Crippen LogP contribution is 2.29. The number of furan rings is 1. The molecule has 0 fully saturated rings. The van der Waals surface area contributed by atoms with Crippen LogP contribution < -0.4 is 10.5 Å². The number of hydrogen-bond donors (Lipinski definition) is 1. The first-order chi connectivity index (χ1) is 10.0. The molecule has 21 heavy (non-hydrogen) atoms. The Hall–Kier alpha value is -1.49. The van der Waals surface area contributed by atoms with Crippen molar-refractivity contribution in [2.24, 2.45) is 5.73 Å². The molecule has 0 amide bonds. The summed E-state index contributed by atoms with van der Waals surface area (Å²) in [5, 5.41) is 0.593. The predicted octanol–water partition coefficient (Wildman–Crippen LogP) is 3.38. The minimum atomic E-state index is 0.0683. The van der Waals surface area contributed by atoms with Gasteiger partial charge in [0, 0.05) is 12.6 Å². The Labute approximate surface area is 130 Å². The molecule has 2 N–H and O–H groups in total. The molecule has 0 aliphatic rings. The van der Waals surface area contributed by atoms with Crippen molar-refractivity contribution in [3.63, 3.8) is 0 Å². The number of rotatable bonds is 6. The van der Waals surface area contributed by atoms with Crippen molar-refractivity contribution in [3.05, 3.63) is 52.4 Å². The first-order valence-electron chi connectivity index (χ1n) is 6.84. The maximum Gasteiger partial charge on any atom is 0.137 e. The average Bonchev–Trinajstić information content (AvgIpc) is 2.85. The van der Waals surface area contributed by atoms with Gasteiger partial charge in [-0.2, -0.15) is 0 Å². The highest BCUT2D eigenvalue weighted by Gasteiger charge is 2.18. The van der Waals surface area contributed by atoms with Crippen molar-refractivity contribution >= 4 is 11.6 Å². The molecule has 2 rings (SSSR count). The zero-order chi connectivity index (χ0) is 15.4. The molecule has 0 spiro atoms. The number of halogens is 1. The van der Waals surface area contributed by atoms with E-state index >= 15 is 0 Å². The molecule has 1 atom stereocenters. The molecule has 4 nitrogen and oxygen atoms in total. The summed E-state index contributed by atoms with van der Waals surface area (Å²) >= 11 is 6.20. The molecule has 0 aliphatic heterocycles. The van der Waals surface area contributed by atoms with Gasteiger partial charge in [0.15, 0.2) is 0 Å². The first kappa shape index (κ1) is 15.9. The molecule has 1 unspecified atom stereocenters. The van der Waals surface area contributed by atoms with E-state index in [9.17, 15) is 0 Å². The number of benzene rings is 1. The Morgan fingerprint density at radius 1 is 1.33 bits per heavy atom. The third-order valence-electron chi connectivity index (χ3n) is 3.52. The van der Waals surface area contributed by atoms with Gasteiger partial charge in [-0.25, -0.2) is 0 Å². The van der Waals surface area contributed by atoms with Crippen LogP contribution in [0, 0.1) is 6.92 Å². The normalized spacial score (nSPS) is 12.7. The van der Waals surface area contributed by atoms with Crippen LogP contribution in [0.2, 0.25) is 5.02 Å². The van der Waals surface area contributed by atoms with Gasteiger partial charge in [0.1, 0.15) is 17.3 Å². The van der Waals surface area contributed by atoms with Crippen LogP contribution in [-0.2, 0) is 6.54 Å². The minimum Gasteiger partial charge on any atom is -0.495 e. The summed E-state index contributed by atoms with van der Waals surface area (Å²) in [6.45, 7) is 3.13. The summed E-state index contributed by atoms with van der Waals surface area (Å²) in [6.07, 6.45) is 0. The van der Waals surface area contributed by atoms with Gasteiger partial charge in [-0.15, -0.1) is 0 Å². The van der Waals surface area contributed by atoms with E-state index in [1.54, 1.807) is 7.11 Å². The maximum atomic E-state index is 6.20. The van der Waals surface area contributed by atoms with Gasteiger partial charge in [0.05, 0.1) is 18.7 Å². The third kappa shape index (κ3) is 3.79.